The second-order valence-corrected chi connectivity index (χ2v) is 6.31. The first-order chi connectivity index (χ1) is 9.88. The molecule has 1 aromatic rings. The number of nitrogens with one attached hydrogen (secondary N) is 1. The second kappa shape index (κ2) is 7.01. The van der Waals surface area contributed by atoms with Crippen LogP contribution >= 0.6 is 11.6 Å². The highest BCUT2D eigenvalue weighted by molar-refractivity contribution is 6.31. The minimum Gasteiger partial charge on any atom is -0.311 e. The number of halogens is 4. The average molecular weight is 320 g/mol. The molecule has 1 N–H and O–H groups in total. The molecule has 0 aliphatic heterocycles. The van der Waals surface area contributed by atoms with Gasteiger partial charge in [0.2, 0.25) is 0 Å². The summed E-state index contributed by atoms with van der Waals surface area (Å²) in [5.41, 5.74) is 0.971. The van der Waals surface area contributed by atoms with Crippen LogP contribution in [-0.4, -0.2) is 18.3 Å². The van der Waals surface area contributed by atoms with Gasteiger partial charge in [-0.15, -0.1) is 0 Å². The Morgan fingerprint density at radius 2 is 1.90 bits per heavy atom. The predicted molar refractivity (Wildman–Crippen MR) is 79.6 cm³/mol. The molecule has 0 saturated heterocycles. The molecule has 1 nitrogen and oxygen atoms in total. The van der Waals surface area contributed by atoms with Crippen molar-refractivity contribution in [2.45, 2.75) is 57.3 Å². The lowest BCUT2D eigenvalue weighted by molar-refractivity contribution is -0.189. The smallest absolute Gasteiger partial charge is 0.311 e. The fourth-order valence-electron chi connectivity index (χ4n) is 3.14. The van der Waals surface area contributed by atoms with Gasteiger partial charge in [-0.3, -0.25) is 0 Å². The molecule has 0 aromatic heterocycles. The van der Waals surface area contributed by atoms with E-state index < -0.39 is 18.1 Å². The molecule has 1 saturated carbocycles. The summed E-state index contributed by atoms with van der Waals surface area (Å²) in [6.07, 6.45) is -1.11. The summed E-state index contributed by atoms with van der Waals surface area (Å²) in [6, 6.07) is 6.97. The Kier molecular flexibility index (Phi) is 5.55. The molecular weight excluding hydrogens is 299 g/mol. The van der Waals surface area contributed by atoms with Crippen LogP contribution in [0.4, 0.5) is 13.2 Å². The van der Waals surface area contributed by atoms with Crippen LogP contribution in [0.3, 0.4) is 0 Å². The molecule has 0 heterocycles. The molecule has 0 spiro atoms. The van der Waals surface area contributed by atoms with Crippen LogP contribution in [-0.2, 0) is 6.42 Å². The van der Waals surface area contributed by atoms with Gasteiger partial charge in [0.15, 0.2) is 0 Å². The Labute approximate surface area is 128 Å². The van der Waals surface area contributed by atoms with Crippen molar-refractivity contribution in [1.82, 2.24) is 5.32 Å². The molecule has 0 amide bonds. The molecule has 1 aromatic carbocycles. The lowest BCUT2D eigenvalue weighted by Crippen LogP contribution is -2.49. The molecule has 3 unspecified atom stereocenters. The summed E-state index contributed by atoms with van der Waals surface area (Å²) >= 11 is 6.10. The highest BCUT2D eigenvalue weighted by Crippen LogP contribution is 2.38. The van der Waals surface area contributed by atoms with Crippen molar-refractivity contribution in [1.29, 1.82) is 0 Å². The number of alkyl halides is 3. The third-order valence-corrected chi connectivity index (χ3v) is 4.54. The Morgan fingerprint density at radius 1 is 1.24 bits per heavy atom. The van der Waals surface area contributed by atoms with Gasteiger partial charge in [-0.25, -0.2) is 0 Å². The third-order valence-electron chi connectivity index (χ3n) is 4.17. The fraction of sp³-hybridized carbons (Fsp3) is 0.625. The minimum absolute atomic E-state index is 0.0298. The van der Waals surface area contributed by atoms with Gasteiger partial charge in [-0.05, 0) is 37.8 Å². The van der Waals surface area contributed by atoms with Gasteiger partial charge >= 0.3 is 6.18 Å². The van der Waals surface area contributed by atoms with Crippen molar-refractivity contribution in [3.8, 4) is 0 Å². The van der Waals surface area contributed by atoms with Gasteiger partial charge in [0, 0.05) is 17.1 Å². The summed E-state index contributed by atoms with van der Waals surface area (Å²) in [7, 11) is 0. The van der Waals surface area contributed by atoms with Crippen LogP contribution in [0.2, 0.25) is 5.02 Å². The molecule has 21 heavy (non-hydrogen) atoms. The molecule has 0 radical (unpaired) electrons. The molecular formula is C16H21ClF3N. The van der Waals surface area contributed by atoms with Crippen molar-refractivity contribution < 1.29 is 13.2 Å². The lowest BCUT2D eigenvalue weighted by atomic mass is 9.83. The third kappa shape index (κ3) is 4.62. The van der Waals surface area contributed by atoms with Crippen LogP contribution in [0.25, 0.3) is 0 Å². The maximum absolute atomic E-state index is 13.1. The fourth-order valence-corrected chi connectivity index (χ4v) is 3.35. The zero-order chi connectivity index (χ0) is 15.5. The van der Waals surface area contributed by atoms with Gasteiger partial charge in [0.1, 0.15) is 0 Å². The van der Waals surface area contributed by atoms with Gasteiger partial charge in [0.05, 0.1) is 5.92 Å². The van der Waals surface area contributed by atoms with E-state index >= 15 is 0 Å². The van der Waals surface area contributed by atoms with Crippen molar-refractivity contribution >= 4 is 11.6 Å². The van der Waals surface area contributed by atoms with Crippen molar-refractivity contribution in [2.75, 3.05) is 0 Å². The first-order valence-corrected chi connectivity index (χ1v) is 7.82. The molecule has 1 fully saturated rings. The maximum atomic E-state index is 13.1. The van der Waals surface area contributed by atoms with E-state index in [1.165, 1.54) is 0 Å². The molecule has 1 aliphatic rings. The van der Waals surface area contributed by atoms with Gasteiger partial charge in [-0.1, -0.05) is 42.6 Å². The van der Waals surface area contributed by atoms with E-state index in [2.05, 4.69) is 5.32 Å². The maximum Gasteiger partial charge on any atom is 0.393 e. The second-order valence-electron chi connectivity index (χ2n) is 5.90. The average Bonchev–Trinajstić information content (AvgIpc) is 2.41. The van der Waals surface area contributed by atoms with Crippen LogP contribution in [0.1, 0.15) is 38.2 Å². The monoisotopic (exact) mass is 319 g/mol. The van der Waals surface area contributed by atoms with Gasteiger partial charge in [0.25, 0.3) is 0 Å². The van der Waals surface area contributed by atoms with Crippen LogP contribution in [0.5, 0.6) is 0 Å². The quantitative estimate of drug-likeness (QED) is 0.825. The highest BCUT2D eigenvalue weighted by Gasteiger charge is 2.45. The van der Waals surface area contributed by atoms with E-state index in [1.54, 1.807) is 0 Å². The predicted octanol–water partition coefficient (Wildman–Crippen LogP) is 4.98. The number of hydrogen-bond acceptors (Lipinski definition) is 1. The van der Waals surface area contributed by atoms with Crippen LogP contribution in [0, 0.1) is 5.92 Å². The summed E-state index contributed by atoms with van der Waals surface area (Å²) in [5.74, 6) is -1.22. The molecule has 2 rings (SSSR count). The van der Waals surface area contributed by atoms with Crippen LogP contribution < -0.4 is 5.32 Å². The van der Waals surface area contributed by atoms with Crippen molar-refractivity contribution in [3.05, 3.63) is 34.9 Å². The normalized spacial score (nSPS) is 24.8. The van der Waals surface area contributed by atoms with E-state index in [0.29, 0.717) is 24.3 Å². The lowest BCUT2D eigenvalue weighted by Gasteiger charge is -2.35. The van der Waals surface area contributed by atoms with Crippen LogP contribution in [0.15, 0.2) is 24.3 Å². The standard InChI is InChI=1S/C16H21ClF3N/c1-11(10-12-6-2-4-8-14(12)17)21-15-9-5-3-7-13(15)16(18,19)20/h2,4,6,8,11,13,15,21H,3,5,7,9-10H2,1H3. The van der Waals surface area contributed by atoms with Crippen molar-refractivity contribution in [2.24, 2.45) is 5.92 Å². The van der Waals surface area contributed by atoms with E-state index in [4.69, 9.17) is 11.6 Å². The van der Waals surface area contributed by atoms with E-state index in [9.17, 15) is 13.2 Å². The Bertz CT molecular complexity index is 461. The molecule has 1 aliphatic carbocycles. The molecule has 5 heteroatoms. The van der Waals surface area contributed by atoms with E-state index in [1.807, 2.05) is 31.2 Å². The Morgan fingerprint density at radius 3 is 2.57 bits per heavy atom. The zero-order valence-electron chi connectivity index (χ0n) is 12.1. The van der Waals surface area contributed by atoms with Gasteiger partial charge in [-0.2, -0.15) is 13.2 Å². The van der Waals surface area contributed by atoms with E-state index in [-0.39, 0.29) is 12.5 Å². The molecule has 3 atom stereocenters. The summed E-state index contributed by atoms with van der Waals surface area (Å²) in [4.78, 5) is 0. The number of benzene rings is 1. The Balaban J connectivity index is 1.97. The molecule has 0 bridgehead atoms. The first kappa shape index (κ1) is 16.6. The summed E-state index contributed by atoms with van der Waals surface area (Å²) in [5, 5.41) is 3.84. The minimum atomic E-state index is -4.11. The molecule has 118 valence electrons. The highest BCUT2D eigenvalue weighted by atomic mass is 35.5. The van der Waals surface area contributed by atoms with Crippen molar-refractivity contribution in [3.63, 3.8) is 0 Å². The topological polar surface area (TPSA) is 12.0 Å². The largest absolute Gasteiger partial charge is 0.393 e. The van der Waals surface area contributed by atoms with Gasteiger partial charge < -0.3 is 5.32 Å². The van der Waals surface area contributed by atoms with E-state index in [0.717, 1.165) is 12.0 Å². The summed E-state index contributed by atoms with van der Waals surface area (Å²) in [6.45, 7) is 1.92. The zero-order valence-corrected chi connectivity index (χ0v) is 12.8. The number of rotatable bonds is 4. The number of hydrogen-bond donors (Lipinski definition) is 1. The SMILES string of the molecule is CC(Cc1ccccc1Cl)NC1CCCCC1C(F)(F)F. The Hall–Kier alpha value is -0.740. The summed E-state index contributed by atoms with van der Waals surface area (Å²) < 4.78 is 39.2. The first-order valence-electron chi connectivity index (χ1n) is 7.44.